The van der Waals surface area contributed by atoms with Crippen LogP contribution in [0.25, 0.3) is 0 Å². The van der Waals surface area contributed by atoms with Crippen molar-refractivity contribution < 1.29 is 18.0 Å². The number of carbonyl (C=O) groups is 1. The summed E-state index contributed by atoms with van der Waals surface area (Å²) >= 11 is 0.715. The molecule has 0 unspecified atom stereocenters. The predicted octanol–water partition coefficient (Wildman–Crippen LogP) is 3.37. The van der Waals surface area contributed by atoms with E-state index in [2.05, 4.69) is 6.58 Å². The van der Waals surface area contributed by atoms with Crippen LogP contribution in [-0.2, 0) is 4.79 Å². The maximum atomic E-state index is 13.4. The van der Waals surface area contributed by atoms with Crippen molar-refractivity contribution in [1.29, 1.82) is 0 Å². The predicted molar refractivity (Wildman–Crippen MR) is 67.9 cm³/mol. The van der Waals surface area contributed by atoms with E-state index in [0.717, 1.165) is 6.07 Å². The molecule has 0 radical (unpaired) electrons. The molecule has 0 aliphatic rings. The average molecular weight is 355 g/mol. The van der Waals surface area contributed by atoms with E-state index < -0.39 is 15.7 Å². The highest BCUT2D eigenvalue weighted by Crippen LogP contribution is 2.29. The number of carbonyl (C=O) groups excluding carboxylic acids is 1. The molecule has 1 aromatic rings. The van der Waals surface area contributed by atoms with Crippen LogP contribution in [-0.4, -0.2) is 16.4 Å². The van der Waals surface area contributed by atoms with E-state index in [0.29, 0.717) is 27.5 Å². The normalized spacial score (nSPS) is 11.1. The zero-order chi connectivity index (χ0) is 13.1. The molecule has 0 aromatic heterocycles. The smallest absolute Gasteiger partial charge is 0.300 e. The first-order chi connectivity index (χ1) is 7.88. The molecule has 0 N–H and O–H groups in total. The van der Waals surface area contributed by atoms with Crippen LogP contribution in [0.4, 0.5) is 18.9 Å². The Bertz CT molecular complexity index is 431. The Kier molecular flexibility index (Phi) is 4.55. The number of anilines is 1. The third kappa shape index (κ3) is 3.45. The topological polar surface area (TPSA) is 20.3 Å². The molecule has 2 nitrogen and oxygen atoms in total. The quantitative estimate of drug-likeness (QED) is 0.461. The standard InChI is InChI=1S/C11H9F3INO/c1-2-7-16(10(17)11(13,14)15)9-6-4-3-5-8(9)12/h2-6H,1,7H2. The number of amides is 1. The minimum atomic E-state index is -3.58. The van der Waals surface area contributed by atoms with E-state index >= 15 is 0 Å². The van der Waals surface area contributed by atoms with Crippen molar-refractivity contribution in [2.45, 2.75) is 3.93 Å². The zero-order valence-corrected chi connectivity index (χ0v) is 10.8. The van der Waals surface area contributed by atoms with Crippen LogP contribution in [0.1, 0.15) is 0 Å². The van der Waals surface area contributed by atoms with E-state index in [1.54, 1.807) is 0 Å². The van der Waals surface area contributed by atoms with Gasteiger partial charge in [-0.25, -0.2) is 4.39 Å². The third-order valence-electron chi connectivity index (χ3n) is 1.94. The molecule has 1 rings (SSSR count). The molecule has 17 heavy (non-hydrogen) atoms. The van der Waals surface area contributed by atoms with Gasteiger partial charge < -0.3 is 0 Å². The molecule has 0 spiro atoms. The molecule has 1 amide bonds. The van der Waals surface area contributed by atoms with Crippen molar-refractivity contribution in [3.05, 3.63) is 42.7 Å². The highest BCUT2D eigenvalue weighted by molar-refractivity contribution is 14.1. The Labute approximate surface area is 110 Å². The number of rotatable bonds is 4. The molecule has 92 valence electrons. The van der Waals surface area contributed by atoms with Crippen LogP contribution in [0.15, 0.2) is 36.9 Å². The number of benzene rings is 1. The van der Waals surface area contributed by atoms with E-state index in [4.69, 9.17) is 0 Å². The second-order valence-corrected chi connectivity index (χ2v) is 4.51. The number of para-hydroxylation sites is 1. The number of nitrogens with zero attached hydrogens (tertiary/aromatic N) is 1. The van der Waals surface area contributed by atoms with Gasteiger partial charge in [-0.05, 0) is 12.1 Å². The van der Waals surface area contributed by atoms with Crippen molar-refractivity contribution in [3.63, 3.8) is 0 Å². The molecule has 0 aliphatic heterocycles. The van der Waals surface area contributed by atoms with Crippen LogP contribution in [0.2, 0.25) is 0 Å². The minimum absolute atomic E-state index is 0.182. The fourth-order valence-electron chi connectivity index (χ4n) is 1.24. The second kappa shape index (κ2) is 5.52. The van der Waals surface area contributed by atoms with Gasteiger partial charge in [-0.3, -0.25) is 9.69 Å². The fraction of sp³-hybridized carbons (Fsp3) is 0.182. The minimum Gasteiger partial charge on any atom is -0.300 e. The fourth-order valence-corrected chi connectivity index (χ4v) is 1.53. The lowest BCUT2D eigenvalue weighted by atomic mass is 10.2. The third-order valence-corrected chi connectivity index (χ3v) is 2.40. The Morgan fingerprint density at radius 3 is 2.53 bits per heavy atom. The van der Waals surface area contributed by atoms with Gasteiger partial charge in [-0.15, -0.1) is 6.58 Å². The van der Waals surface area contributed by atoms with Crippen LogP contribution in [0.3, 0.4) is 0 Å². The van der Waals surface area contributed by atoms with Crippen LogP contribution in [0.5, 0.6) is 0 Å². The molecular weight excluding hydrogens is 346 g/mol. The lowest BCUT2D eigenvalue weighted by molar-refractivity contribution is -0.130. The molecule has 0 heterocycles. The summed E-state index contributed by atoms with van der Waals surface area (Å²) in [5.74, 6) is -2.20. The number of hydrogen-bond donors (Lipinski definition) is 0. The van der Waals surface area contributed by atoms with Gasteiger partial charge >= 0.3 is 9.84 Å². The number of hydrogen-bond acceptors (Lipinski definition) is 1. The maximum absolute atomic E-state index is 13.4. The van der Waals surface area contributed by atoms with Gasteiger partial charge in [0.1, 0.15) is 5.82 Å². The monoisotopic (exact) mass is 355 g/mol. The van der Waals surface area contributed by atoms with E-state index in [9.17, 15) is 18.0 Å². The lowest BCUT2D eigenvalue weighted by Gasteiger charge is -2.23. The Hall–Kier alpha value is -1.05. The van der Waals surface area contributed by atoms with Crippen LogP contribution in [0, 0.1) is 5.82 Å². The molecule has 0 fully saturated rings. The van der Waals surface area contributed by atoms with Gasteiger partial charge in [-0.2, -0.15) is 8.78 Å². The molecule has 0 bridgehead atoms. The number of halogens is 4. The van der Waals surface area contributed by atoms with Gasteiger partial charge in [0, 0.05) is 29.1 Å². The van der Waals surface area contributed by atoms with Crippen molar-refractivity contribution >= 4 is 34.2 Å². The Morgan fingerprint density at radius 2 is 2.06 bits per heavy atom. The van der Waals surface area contributed by atoms with E-state index in [1.807, 2.05) is 0 Å². The zero-order valence-electron chi connectivity index (χ0n) is 8.67. The molecule has 0 aliphatic carbocycles. The summed E-state index contributed by atoms with van der Waals surface area (Å²) in [4.78, 5) is 12.1. The van der Waals surface area contributed by atoms with Crippen LogP contribution < -0.4 is 4.90 Å². The summed E-state index contributed by atoms with van der Waals surface area (Å²) in [6, 6.07) is 5.24. The summed E-state index contributed by atoms with van der Waals surface area (Å²) in [6.45, 7) is 3.17. The first-order valence-corrected chi connectivity index (χ1v) is 5.70. The van der Waals surface area contributed by atoms with Crippen LogP contribution >= 0.6 is 22.6 Å². The van der Waals surface area contributed by atoms with Crippen molar-refractivity contribution in [2.24, 2.45) is 0 Å². The van der Waals surface area contributed by atoms with Crippen molar-refractivity contribution in [2.75, 3.05) is 11.4 Å². The Balaban J connectivity index is 3.14. The molecule has 0 atom stereocenters. The summed E-state index contributed by atoms with van der Waals surface area (Å²) < 4.78 is 35.7. The van der Waals surface area contributed by atoms with E-state index in [-0.39, 0.29) is 12.2 Å². The molecule has 6 heteroatoms. The van der Waals surface area contributed by atoms with Gasteiger partial charge in [-0.1, -0.05) is 18.2 Å². The molecule has 0 saturated carbocycles. The largest absolute Gasteiger partial charge is 0.373 e. The first-order valence-electron chi connectivity index (χ1n) is 4.62. The van der Waals surface area contributed by atoms with Gasteiger partial charge in [0.05, 0.1) is 5.69 Å². The Morgan fingerprint density at radius 1 is 1.47 bits per heavy atom. The maximum Gasteiger partial charge on any atom is 0.373 e. The van der Waals surface area contributed by atoms with Crippen molar-refractivity contribution in [3.8, 4) is 0 Å². The van der Waals surface area contributed by atoms with E-state index in [1.165, 1.54) is 24.3 Å². The SMILES string of the molecule is C=CCN(C(=O)C(F)(F)I)c1ccccc1F. The van der Waals surface area contributed by atoms with Crippen molar-refractivity contribution in [1.82, 2.24) is 0 Å². The second-order valence-electron chi connectivity index (χ2n) is 3.15. The average Bonchev–Trinajstić information content (AvgIpc) is 2.25. The van der Waals surface area contributed by atoms with Gasteiger partial charge in [0.25, 0.3) is 0 Å². The highest BCUT2D eigenvalue weighted by atomic mass is 127. The summed E-state index contributed by atoms with van der Waals surface area (Å²) in [7, 11) is 0. The summed E-state index contributed by atoms with van der Waals surface area (Å²) in [5.41, 5.74) is -0.186. The van der Waals surface area contributed by atoms with Gasteiger partial charge in [0.15, 0.2) is 0 Å². The number of alkyl halides is 3. The molecule has 0 saturated heterocycles. The lowest BCUT2D eigenvalue weighted by Crippen LogP contribution is -2.40. The molecular formula is C11H9F3INO. The highest BCUT2D eigenvalue weighted by Gasteiger charge is 2.39. The first kappa shape index (κ1) is 14.0. The summed E-state index contributed by atoms with van der Waals surface area (Å²) in [6.07, 6.45) is 1.26. The summed E-state index contributed by atoms with van der Waals surface area (Å²) in [5, 5.41) is 0. The van der Waals surface area contributed by atoms with Gasteiger partial charge in [0.2, 0.25) is 0 Å². The molecule has 1 aromatic carbocycles.